The third kappa shape index (κ3) is 3.50. The predicted molar refractivity (Wildman–Crippen MR) is 84.8 cm³/mol. The van der Waals surface area contributed by atoms with Crippen molar-refractivity contribution in [3.63, 3.8) is 0 Å². The van der Waals surface area contributed by atoms with E-state index < -0.39 is 10.0 Å². The van der Waals surface area contributed by atoms with Gasteiger partial charge in [-0.1, -0.05) is 0 Å². The van der Waals surface area contributed by atoms with Crippen molar-refractivity contribution >= 4 is 10.0 Å². The highest BCUT2D eigenvalue weighted by molar-refractivity contribution is 7.89. The second kappa shape index (κ2) is 6.26. The Kier molecular flexibility index (Phi) is 4.52. The van der Waals surface area contributed by atoms with Crippen molar-refractivity contribution in [1.29, 1.82) is 0 Å². The Morgan fingerprint density at radius 1 is 1.27 bits per heavy atom. The standard InChI is InChI=1S/C16H24N2O3S/c1-12(13-7-9-17-10-8-13)18(2)22(19,20)11-15-5-6-16(21-15)14-3-4-14/h7-10,12,14-16H,3-6,11H2,1-2H3. The van der Waals surface area contributed by atoms with Crippen LogP contribution in [0.1, 0.15) is 44.2 Å². The van der Waals surface area contributed by atoms with Crippen LogP contribution in [0.2, 0.25) is 0 Å². The average Bonchev–Trinajstić information content (AvgIpc) is 3.27. The molecule has 3 rings (SSSR count). The van der Waals surface area contributed by atoms with E-state index in [4.69, 9.17) is 4.74 Å². The van der Waals surface area contributed by atoms with Gasteiger partial charge in [-0.15, -0.1) is 0 Å². The topological polar surface area (TPSA) is 59.5 Å². The molecule has 6 heteroatoms. The van der Waals surface area contributed by atoms with Gasteiger partial charge in [0.2, 0.25) is 10.0 Å². The van der Waals surface area contributed by atoms with Crippen molar-refractivity contribution in [2.45, 2.75) is 50.9 Å². The Balaban J connectivity index is 1.62. The highest BCUT2D eigenvalue weighted by Gasteiger charge is 2.39. The number of hydrogen-bond donors (Lipinski definition) is 0. The number of nitrogens with zero attached hydrogens (tertiary/aromatic N) is 2. The smallest absolute Gasteiger partial charge is 0.216 e. The Labute approximate surface area is 132 Å². The van der Waals surface area contributed by atoms with Gasteiger partial charge < -0.3 is 4.74 Å². The summed E-state index contributed by atoms with van der Waals surface area (Å²) < 4.78 is 32.6. The summed E-state index contributed by atoms with van der Waals surface area (Å²) in [5.41, 5.74) is 0.948. The van der Waals surface area contributed by atoms with E-state index in [2.05, 4.69) is 4.98 Å². The fraction of sp³-hybridized carbons (Fsp3) is 0.688. The maximum absolute atomic E-state index is 12.6. The Bertz CT molecular complexity index is 601. The molecule has 2 fully saturated rings. The second-order valence-electron chi connectivity index (χ2n) is 6.46. The summed E-state index contributed by atoms with van der Waals surface area (Å²) >= 11 is 0. The first-order valence-electron chi connectivity index (χ1n) is 7.98. The second-order valence-corrected chi connectivity index (χ2v) is 8.54. The summed E-state index contributed by atoms with van der Waals surface area (Å²) in [5.74, 6) is 0.767. The molecule has 2 heterocycles. The van der Waals surface area contributed by atoms with E-state index in [0.717, 1.165) is 18.4 Å². The number of hydrogen-bond acceptors (Lipinski definition) is 4. The van der Waals surface area contributed by atoms with Gasteiger partial charge in [-0.3, -0.25) is 4.98 Å². The summed E-state index contributed by atoms with van der Waals surface area (Å²) in [6, 6.07) is 3.51. The van der Waals surface area contributed by atoms with Crippen LogP contribution in [-0.4, -0.2) is 42.7 Å². The molecule has 0 N–H and O–H groups in total. The minimum atomic E-state index is -3.33. The number of aromatic nitrogens is 1. The van der Waals surface area contributed by atoms with Crippen LogP contribution in [0.15, 0.2) is 24.5 Å². The molecule has 1 aliphatic heterocycles. The zero-order valence-electron chi connectivity index (χ0n) is 13.2. The molecular formula is C16H24N2O3S. The first-order chi connectivity index (χ1) is 10.5. The van der Waals surface area contributed by atoms with Crippen molar-refractivity contribution in [3.8, 4) is 0 Å². The average molecular weight is 324 g/mol. The molecule has 2 aliphatic rings. The molecule has 0 aromatic carbocycles. The highest BCUT2D eigenvalue weighted by Crippen LogP contribution is 2.40. The lowest BCUT2D eigenvalue weighted by Crippen LogP contribution is -2.36. The van der Waals surface area contributed by atoms with Gasteiger partial charge in [0.15, 0.2) is 0 Å². The van der Waals surface area contributed by atoms with E-state index in [0.29, 0.717) is 12.0 Å². The molecule has 5 nitrogen and oxygen atoms in total. The normalized spacial score (nSPS) is 27.2. The van der Waals surface area contributed by atoms with Crippen molar-refractivity contribution in [3.05, 3.63) is 30.1 Å². The number of ether oxygens (including phenoxy) is 1. The molecule has 3 unspecified atom stereocenters. The molecule has 22 heavy (non-hydrogen) atoms. The molecule has 1 aliphatic carbocycles. The molecule has 0 radical (unpaired) electrons. The van der Waals surface area contributed by atoms with Crippen LogP contribution in [0.25, 0.3) is 0 Å². The first-order valence-corrected chi connectivity index (χ1v) is 9.59. The third-order valence-corrected chi connectivity index (χ3v) is 6.84. The van der Waals surface area contributed by atoms with Crippen LogP contribution < -0.4 is 0 Å². The van der Waals surface area contributed by atoms with Gasteiger partial charge in [-0.05, 0) is 56.2 Å². The molecule has 1 aromatic rings. The van der Waals surface area contributed by atoms with Crippen molar-refractivity contribution in [1.82, 2.24) is 9.29 Å². The molecule has 0 spiro atoms. The van der Waals surface area contributed by atoms with E-state index in [1.807, 2.05) is 19.1 Å². The number of rotatable bonds is 6. The fourth-order valence-electron chi connectivity index (χ4n) is 3.12. The molecule has 3 atom stereocenters. The lowest BCUT2D eigenvalue weighted by molar-refractivity contribution is 0.0440. The van der Waals surface area contributed by atoms with Gasteiger partial charge in [0, 0.05) is 25.5 Å². The molecule has 1 saturated heterocycles. The highest BCUT2D eigenvalue weighted by atomic mass is 32.2. The van der Waals surface area contributed by atoms with Crippen molar-refractivity contribution < 1.29 is 13.2 Å². The van der Waals surface area contributed by atoms with Crippen LogP contribution in [0.5, 0.6) is 0 Å². The van der Waals surface area contributed by atoms with Crippen LogP contribution in [-0.2, 0) is 14.8 Å². The molecule has 122 valence electrons. The van der Waals surface area contributed by atoms with E-state index in [-0.39, 0.29) is 17.9 Å². The number of pyridine rings is 1. The van der Waals surface area contributed by atoms with Gasteiger partial charge in [-0.25, -0.2) is 8.42 Å². The molecule has 0 amide bonds. The summed E-state index contributed by atoms with van der Waals surface area (Å²) in [6.45, 7) is 1.90. The Morgan fingerprint density at radius 3 is 2.59 bits per heavy atom. The Morgan fingerprint density at radius 2 is 1.95 bits per heavy atom. The predicted octanol–water partition coefficient (Wildman–Crippen LogP) is 2.36. The molecule has 0 bridgehead atoms. The number of sulfonamides is 1. The van der Waals surface area contributed by atoms with Gasteiger partial charge in [0.25, 0.3) is 0 Å². The van der Waals surface area contributed by atoms with Gasteiger partial charge >= 0.3 is 0 Å². The minimum Gasteiger partial charge on any atom is -0.374 e. The van der Waals surface area contributed by atoms with Crippen molar-refractivity contribution in [2.24, 2.45) is 5.92 Å². The molecule has 1 aromatic heterocycles. The zero-order chi connectivity index (χ0) is 15.7. The maximum atomic E-state index is 12.6. The van der Waals surface area contributed by atoms with E-state index >= 15 is 0 Å². The van der Waals surface area contributed by atoms with Crippen molar-refractivity contribution in [2.75, 3.05) is 12.8 Å². The summed E-state index contributed by atoms with van der Waals surface area (Å²) in [7, 11) is -1.69. The summed E-state index contributed by atoms with van der Waals surface area (Å²) in [5, 5.41) is 0. The zero-order valence-corrected chi connectivity index (χ0v) is 14.0. The SMILES string of the molecule is CC(c1ccncc1)N(C)S(=O)(=O)CC1CCC(C2CC2)O1. The lowest BCUT2D eigenvalue weighted by Gasteiger charge is -2.26. The minimum absolute atomic E-state index is 0.0855. The van der Waals surface area contributed by atoms with Crippen LogP contribution >= 0.6 is 0 Å². The largest absolute Gasteiger partial charge is 0.374 e. The van der Waals surface area contributed by atoms with Gasteiger partial charge in [0.05, 0.1) is 18.0 Å². The first kappa shape index (κ1) is 15.9. The van der Waals surface area contributed by atoms with Crippen LogP contribution in [0.3, 0.4) is 0 Å². The quantitative estimate of drug-likeness (QED) is 0.806. The lowest BCUT2D eigenvalue weighted by atomic mass is 10.1. The third-order valence-electron chi connectivity index (χ3n) is 4.86. The van der Waals surface area contributed by atoms with E-state index in [1.165, 1.54) is 17.1 Å². The Hall–Kier alpha value is -0.980. The monoisotopic (exact) mass is 324 g/mol. The maximum Gasteiger partial charge on any atom is 0.216 e. The summed E-state index contributed by atoms with van der Waals surface area (Å²) in [4.78, 5) is 3.98. The summed E-state index contributed by atoms with van der Waals surface area (Å²) in [6.07, 6.45) is 7.86. The van der Waals surface area contributed by atoms with Crippen LogP contribution in [0, 0.1) is 5.92 Å². The van der Waals surface area contributed by atoms with Gasteiger partial charge in [0.1, 0.15) is 0 Å². The van der Waals surface area contributed by atoms with Gasteiger partial charge in [-0.2, -0.15) is 4.31 Å². The van der Waals surface area contributed by atoms with E-state index in [1.54, 1.807) is 19.4 Å². The van der Waals surface area contributed by atoms with E-state index in [9.17, 15) is 8.42 Å². The fourth-order valence-corrected chi connectivity index (χ4v) is 4.67. The van der Waals surface area contributed by atoms with Crippen LogP contribution in [0.4, 0.5) is 0 Å². The molecule has 1 saturated carbocycles. The molecular weight excluding hydrogens is 300 g/mol.